The van der Waals surface area contributed by atoms with Gasteiger partial charge in [0.2, 0.25) is 6.71 Å². The molecule has 0 fully saturated rings. The van der Waals surface area contributed by atoms with E-state index in [-0.39, 0.29) is 12.7 Å². The highest BCUT2D eigenvalue weighted by molar-refractivity contribution is 6.89. The highest BCUT2D eigenvalue weighted by atomic mass is 16.2. The van der Waals surface area contributed by atoms with Gasteiger partial charge in [-0.2, -0.15) is 5.26 Å². The summed E-state index contributed by atoms with van der Waals surface area (Å²) in [7, 11) is 2.23. The molecule has 2 amide bonds. The molecule has 4 nitrogen and oxygen atoms in total. The predicted octanol–water partition coefficient (Wildman–Crippen LogP) is 5.63. The molecule has 6 heteroatoms. The van der Waals surface area contributed by atoms with E-state index in [9.17, 15) is 10.1 Å². The largest absolute Gasteiger partial charge is 0.338 e. The number of benzene rings is 4. The van der Waals surface area contributed by atoms with Gasteiger partial charge in [0.05, 0.1) is 17.4 Å². The van der Waals surface area contributed by atoms with E-state index < -0.39 is 0 Å². The third kappa shape index (κ3) is 3.76. The first kappa shape index (κ1) is 26.9. The third-order valence-corrected chi connectivity index (χ3v) is 9.52. The Morgan fingerprint density at radius 2 is 1.42 bits per heavy atom. The number of carbonyl (C=O) groups excluding carboxylic acids is 1. The van der Waals surface area contributed by atoms with Crippen molar-refractivity contribution in [2.75, 3.05) is 9.80 Å². The molecule has 0 aliphatic carbocycles. The third-order valence-electron chi connectivity index (χ3n) is 9.52. The lowest BCUT2D eigenvalue weighted by molar-refractivity contribution is 0.255. The van der Waals surface area contributed by atoms with Crippen LogP contribution in [0.2, 0.25) is 6.32 Å². The summed E-state index contributed by atoms with van der Waals surface area (Å²) >= 11 is 0. The van der Waals surface area contributed by atoms with Crippen LogP contribution in [0.4, 0.5) is 27.5 Å². The number of aryl methyl sites for hydroxylation is 6. The second-order valence-electron chi connectivity index (χ2n) is 12.2. The van der Waals surface area contributed by atoms with Gasteiger partial charge >= 0.3 is 6.03 Å². The SMILES string of the molecule is C#C/C=C\C=C(\C#N)CB1c2cc(C)c(C)cc2N2C(=O)N3c4cc(C)c(C)cc4[B]c4cc(C)c5c(C)cc1c2c5c43. The lowest BCUT2D eigenvalue weighted by Crippen LogP contribution is -2.58. The topological polar surface area (TPSA) is 47.3 Å². The monoisotopic (exact) mass is 554 g/mol. The molecule has 3 aliphatic heterocycles. The summed E-state index contributed by atoms with van der Waals surface area (Å²) in [5.74, 6) is 2.50. The summed E-state index contributed by atoms with van der Waals surface area (Å²) in [5, 5.41) is 12.4. The first-order valence-corrected chi connectivity index (χ1v) is 14.7. The molecular formula is C37H30B2N3O. The molecule has 0 aromatic heterocycles. The number of amides is 2. The summed E-state index contributed by atoms with van der Waals surface area (Å²) < 4.78 is 0. The Bertz CT molecular complexity index is 2110. The summed E-state index contributed by atoms with van der Waals surface area (Å²) in [6.45, 7) is 12.7. The fourth-order valence-electron chi connectivity index (χ4n) is 7.26. The molecule has 205 valence electrons. The van der Waals surface area contributed by atoms with Crippen LogP contribution < -0.4 is 31.7 Å². The van der Waals surface area contributed by atoms with Gasteiger partial charge in [0.15, 0.2) is 7.28 Å². The van der Waals surface area contributed by atoms with Crippen molar-refractivity contribution in [1.29, 1.82) is 5.26 Å². The molecule has 0 atom stereocenters. The maximum absolute atomic E-state index is 15.0. The van der Waals surface area contributed by atoms with E-state index in [1.807, 2.05) is 15.9 Å². The molecule has 0 bridgehead atoms. The van der Waals surface area contributed by atoms with Crippen molar-refractivity contribution in [2.24, 2.45) is 0 Å². The van der Waals surface area contributed by atoms with Gasteiger partial charge in [-0.05, 0) is 122 Å². The number of nitriles is 1. The number of hydrogen-bond acceptors (Lipinski definition) is 2. The lowest BCUT2D eigenvalue weighted by atomic mass is 9.35. The number of hydrogen-bond donors (Lipinski definition) is 0. The molecular weight excluding hydrogens is 524 g/mol. The standard InChI is InChI=1S/C37H30B2N3O/c1-8-9-10-11-26(19-40)18-39-29-14-21(3)23(5)17-32(29)42-36-30(39)15-25(7)33-24(6)13-28-35(34(33)36)41(37(42)43)31-16-22(4)20(2)12-27(31)38-28/h1,9-17H,18H2,2-7H3/b10-9-,26-11+. The van der Waals surface area contributed by atoms with Crippen LogP contribution in [-0.4, -0.2) is 20.0 Å². The number of fused-ring (bicyclic) bond motifs is 4. The molecule has 43 heavy (non-hydrogen) atoms. The predicted molar refractivity (Wildman–Crippen MR) is 181 cm³/mol. The number of urea groups is 1. The van der Waals surface area contributed by atoms with Crippen LogP contribution in [0.5, 0.6) is 0 Å². The highest BCUT2D eigenvalue weighted by Gasteiger charge is 2.46. The molecule has 0 N–H and O–H groups in total. The minimum atomic E-state index is -0.103. The Labute approximate surface area is 254 Å². The van der Waals surface area contributed by atoms with Crippen molar-refractivity contribution in [3.63, 3.8) is 0 Å². The summed E-state index contributed by atoms with van der Waals surface area (Å²) in [6, 6.07) is 15.5. The molecule has 3 heterocycles. The molecule has 0 unspecified atom stereocenters. The Morgan fingerprint density at radius 3 is 2.14 bits per heavy atom. The average molecular weight is 554 g/mol. The van der Waals surface area contributed by atoms with Crippen LogP contribution in [-0.2, 0) is 0 Å². The van der Waals surface area contributed by atoms with E-state index in [1.54, 1.807) is 12.2 Å². The second kappa shape index (κ2) is 9.55. The minimum absolute atomic E-state index is 0.0717. The normalized spacial score (nSPS) is 14.5. The Kier molecular flexibility index (Phi) is 5.98. The van der Waals surface area contributed by atoms with Gasteiger partial charge in [0.1, 0.15) is 0 Å². The van der Waals surface area contributed by atoms with Gasteiger partial charge in [-0.1, -0.05) is 47.2 Å². The summed E-state index contributed by atoms with van der Waals surface area (Å²) in [5.41, 5.74) is 15.6. The molecule has 7 rings (SSSR count). The number of nitrogens with zero attached hydrogens (tertiary/aromatic N) is 3. The zero-order chi connectivity index (χ0) is 30.3. The van der Waals surface area contributed by atoms with Gasteiger partial charge in [-0.25, -0.2) is 4.79 Å². The fourth-order valence-corrected chi connectivity index (χ4v) is 7.26. The number of terminal acetylenes is 1. The fraction of sp³-hybridized carbons (Fsp3) is 0.189. The first-order chi connectivity index (χ1) is 20.6. The number of allylic oxidation sites excluding steroid dienone is 4. The molecule has 4 aromatic rings. The van der Waals surface area contributed by atoms with Crippen molar-refractivity contribution in [1.82, 2.24) is 0 Å². The number of rotatable bonds is 3. The van der Waals surface area contributed by atoms with E-state index in [0.29, 0.717) is 11.9 Å². The van der Waals surface area contributed by atoms with Gasteiger partial charge in [0.25, 0.3) is 0 Å². The molecule has 1 radical (unpaired) electrons. The van der Waals surface area contributed by atoms with Crippen molar-refractivity contribution in [3.05, 3.63) is 93.6 Å². The smallest absolute Gasteiger partial charge is 0.263 e. The Balaban J connectivity index is 1.60. The van der Waals surface area contributed by atoms with Crippen LogP contribution in [0.25, 0.3) is 10.8 Å². The van der Waals surface area contributed by atoms with E-state index in [4.69, 9.17) is 6.42 Å². The quantitative estimate of drug-likeness (QED) is 0.143. The van der Waals surface area contributed by atoms with Crippen LogP contribution in [0.3, 0.4) is 0 Å². The van der Waals surface area contributed by atoms with Gasteiger partial charge in [0, 0.05) is 22.3 Å². The molecule has 0 saturated heterocycles. The Morgan fingerprint density at radius 1 is 0.814 bits per heavy atom. The minimum Gasteiger partial charge on any atom is -0.263 e. The van der Waals surface area contributed by atoms with E-state index >= 15 is 0 Å². The number of carbonyl (C=O) groups is 1. The van der Waals surface area contributed by atoms with Gasteiger partial charge < -0.3 is 0 Å². The van der Waals surface area contributed by atoms with Crippen molar-refractivity contribution >= 4 is 75.4 Å². The van der Waals surface area contributed by atoms with E-state index in [1.165, 1.54) is 22.1 Å². The van der Waals surface area contributed by atoms with Crippen LogP contribution >= 0.6 is 0 Å². The van der Waals surface area contributed by atoms with Gasteiger partial charge in [-0.15, -0.1) is 6.42 Å². The highest BCUT2D eigenvalue weighted by Crippen LogP contribution is 2.48. The summed E-state index contributed by atoms with van der Waals surface area (Å²) in [6.07, 6.45) is 11.1. The van der Waals surface area contributed by atoms with Crippen LogP contribution in [0, 0.1) is 65.2 Å². The molecule has 3 aliphatic rings. The second-order valence-corrected chi connectivity index (χ2v) is 12.2. The number of anilines is 4. The van der Waals surface area contributed by atoms with Crippen molar-refractivity contribution in [3.8, 4) is 18.4 Å². The molecule has 0 saturated carbocycles. The first-order valence-electron chi connectivity index (χ1n) is 14.7. The zero-order valence-corrected chi connectivity index (χ0v) is 25.4. The van der Waals surface area contributed by atoms with E-state index in [2.05, 4.69) is 97.2 Å². The van der Waals surface area contributed by atoms with Crippen molar-refractivity contribution in [2.45, 2.75) is 47.9 Å². The lowest BCUT2D eigenvalue weighted by Gasteiger charge is -2.46. The van der Waals surface area contributed by atoms with Gasteiger partial charge in [-0.3, -0.25) is 9.80 Å². The zero-order valence-electron chi connectivity index (χ0n) is 25.4. The van der Waals surface area contributed by atoms with Crippen LogP contribution in [0.1, 0.15) is 33.4 Å². The maximum Gasteiger partial charge on any atom is 0.338 e. The Hall–Kier alpha value is -4.93. The molecule has 0 spiro atoms. The maximum atomic E-state index is 15.0. The average Bonchev–Trinajstić information content (AvgIpc) is 2.96. The van der Waals surface area contributed by atoms with E-state index in [0.717, 1.165) is 66.7 Å². The van der Waals surface area contributed by atoms with Crippen molar-refractivity contribution < 1.29 is 4.79 Å². The van der Waals surface area contributed by atoms with Crippen LogP contribution in [0.15, 0.2) is 60.2 Å². The summed E-state index contributed by atoms with van der Waals surface area (Å²) in [4.78, 5) is 18.8. The molecule has 4 aromatic carbocycles.